The number of methoxy groups -OCH3 is 1. The SMILES string of the molecule is COc1ccc(CN(C)c2cc(Cl)nn3c(C(=O)N[C@@H]4C[C@H]4F)cnc23)cc1. The average Bonchev–Trinajstić information content (AvgIpc) is 3.20. The molecule has 7 nitrogen and oxygen atoms in total. The highest BCUT2D eigenvalue weighted by Crippen LogP contribution is 2.27. The number of ether oxygens (including phenoxy) is 1. The molecule has 1 amide bonds. The fourth-order valence-electron chi connectivity index (χ4n) is 3.00. The third-order valence-corrected chi connectivity index (χ3v) is 4.85. The van der Waals surface area contributed by atoms with Crippen molar-refractivity contribution < 1.29 is 13.9 Å². The summed E-state index contributed by atoms with van der Waals surface area (Å²) in [6, 6.07) is 9.01. The van der Waals surface area contributed by atoms with Crippen LogP contribution in [0, 0.1) is 0 Å². The summed E-state index contributed by atoms with van der Waals surface area (Å²) in [5.74, 6) is 0.368. The Labute approximate surface area is 166 Å². The van der Waals surface area contributed by atoms with Gasteiger partial charge in [0.05, 0.1) is 25.0 Å². The normalized spacial score (nSPS) is 18.1. The van der Waals surface area contributed by atoms with Gasteiger partial charge in [0, 0.05) is 26.1 Å². The number of hydrogen-bond acceptors (Lipinski definition) is 5. The second-order valence-corrected chi connectivity index (χ2v) is 7.15. The first kappa shape index (κ1) is 18.5. The van der Waals surface area contributed by atoms with Crippen LogP contribution in [0.15, 0.2) is 36.5 Å². The van der Waals surface area contributed by atoms with Gasteiger partial charge in [0.2, 0.25) is 0 Å². The van der Waals surface area contributed by atoms with E-state index in [9.17, 15) is 9.18 Å². The van der Waals surface area contributed by atoms with Gasteiger partial charge in [-0.3, -0.25) is 4.79 Å². The quantitative estimate of drug-likeness (QED) is 0.685. The zero-order chi connectivity index (χ0) is 19.8. The van der Waals surface area contributed by atoms with Gasteiger partial charge in [-0.2, -0.15) is 5.10 Å². The van der Waals surface area contributed by atoms with Gasteiger partial charge in [-0.15, -0.1) is 0 Å². The predicted octanol–water partition coefficient (Wildman–Crippen LogP) is 2.87. The number of nitrogens with zero attached hydrogens (tertiary/aromatic N) is 4. The zero-order valence-electron chi connectivity index (χ0n) is 15.4. The molecule has 1 aliphatic carbocycles. The first-order valence-electron chi connectivity index (χ1n) is 8.79. The molecule has 0 unspecified atom stereocenters. The van der Waals surface area contributed by atoms with Crippen LogP contribution in [-0.2, 0) is 6.54 Å². The number of benzene rings is 1. The molecule has 0 bridgehead atoms. The number of aromatic nitrogens is 3. The van der Waals surface area contributed by atoms with Crippen LogP contribution in [-0.4, -0.2) is 46.9 Å². The first-order chi connectivity index (χ1) is 13.5. The van der Waals surface area contributed by atoms with Crippen molar-refractivity contribution in [2.24, 2.45) is 0 Å². The first-order valence-corrected chi connectivity index (χ1v) is 9.17. The molecule has 0 spiro atoms. The van der Waals surface area contributed by atoms with E-state index in [2.05, 4.69) is 15.4 Å². The summed E-state index contributed by atoms with van der Waals surface area (Å²) in [4.78, 5) is 18.7. The number of amides is 1. The minimum atomic E-state index is -0.981. The van der Waals surface area contributed by atoms with E-state index in [-0.39, 0.29) is 10.8 Å². The van der Waals surface area contributed by atoms with Crippen LogP contribution in [0.1, 0.15) is 22.5 Å². The molecule has 9 heteroatoms. The van der Waals surface area contributed by atoms with E-state index < -0.39 is 18.1 Å². The summed E-state index contributed by atoms with van der Waals surface area (Å²) in [7, 11) is 3.53. The molecule has 0 radical (unpaired) electrons. The lowest BCUT2D eigenvalue weighted by atomic mass is 10.2. The lowest BCUT2D eigenvalue weighted by Crippen LogP contribution is -2.28. The molecule has 0 saturated heterocycles. The Hall–Kier alpha value is -2.87. The number of fused-ring (bicyclic) bond motifs is 1. The molecule has 1 N–H and O–H groups in total. The molecule has 146 valence electrons. The van der Waals surface area contributed by atoms with Crippen LogP contribution in [0.5, 0.6) is 5.75 Å². The van der Waals surface area contributed by atoms with E-state index in [4.69, 9.17) is 16.3 Å². The summed E-state index contributed by atoms with van der Waals surface area (Å²) >= 11 is 6.19. The van der Waals surface area contributed by atoms with E-state index in [0.717, 1.165) is 17.0 Å². The van der Waals surface area contributed by atoms with Gasteiger partial charge < -0.3 is 15.0 Å². The summed E-state index contributed by atoms with van der Waals surface area (Å²) in [6.45, 7) is 0.597. The van der Waals surface area contributed by atoms with Gasteiger partial charge in [-0.25, -0.2) is 13.9 Å². The van der Waals surface area contributed by atoms with E-state index in [0.29, 0.717) is 18.6 Å². The number of anilines is 1. The molecule has 1 fully saturated rings. The van der Waals surface area contributed by atoms with Crippen molar-refractivity contribution in [1.29, 1.82) is 0 Å². The standard InChI is InChI=1S/C19H19ClFN5O2/c1-25(10-11-3-5-12(28-2)6-4-11)15-8-17(20)24-26-16(9-22-18(15)26)19(27)23-14-7-13(14)21/h3-6,8-9,13-14H,7,10H2,1-2H3,(H,23,27)/t13-,14-/m1/s1. The second-order valence-electron chi connectivity index (χ2n) is 6.77. The molecular formula is C19H19ClFN5O2. The molecule has 0 aliphatic heterocycles. The van der Waals surface area contributed by atoms with Crippen molar-refractivity contribution in [3.8, 4) is 5.75 Å². The lowest BCUT2D eigenvalue weighted by molar-refractivity contribution is 0.0940. The Morgan fingerprint density at radius 3 is 2.79 bits per heavy atom. The number of carbonyl (C=O) groups is 1. The van der Waals surface area contributed by atoms with Crippen LogP contribution in [0.25, 0.3) is 5.65 Å². The Bertz CT molecular complexity index is 1020. The number of carbonyl (C=O) groups excluding carboxylic acids is 1. The van der Waals surface area contributed by atoms with E-state index in [1.807, 2.05) is 36.2 Å². The third-order valence-electron chi connectivity index (χ3n) is 4.67. The van der Waals surface area contributed by atoms with Gasteiger partial charge in [0.1, 0.15) is 11.9 Å². The molecular weight excluding hydrogens is 385 g/mol. The van der Waals surface area contributed by atoms with Gasteiger partial charge in [0.25, 0.3) is 5.91 Å². The van der Waals surface area contributed by atoms with E-state index >= 15 is 0 Å². The maximum atomic E-state index is 13.1. The van der Waals surface area contributed by atoms with Crippen molar-refractivity contribution in [3.63, 3.8) is 0 Å². The van der Waals surface area contributed by atoms with Crippen LogP contribution >= 0.6 is 11.6 Å². The topological polar surface area (TPSA) is 71.8 Å². The number of nitrogens with one attached hydrogen (secondary N) is 1. The van der Waals surface area contributed by atoms with E-state index in [1.165, 1.54) is 10.7 Å². The summed E-state index contributed by atoms with van der Waals surface area (Å²) in [5, 5.41) is 7.06. The molecule has 2 heterocycles. The monoisotopic (exact) mass is 403 g/mol. The minimum Gasteiger partial charge on any atom is -0.497 e. The smallest absolute Gasteiger partial charge is 0.271 e. The van der Waals surface area contributed by atoms with Crippen LogP contribution < -0.4 is 15.0 Å². The van der Waals surface area contributed by atoms with Crippen LogP contribution in [0.2, 0.25) is 5.15 Å². The van der Waals surface area contributed by atoms with Gasteiger partial charge in [0.15, 0.2) is 16.5 Å². The number of hydrogen-bond donors (Lipinski definition) is 1. The Kier molecular flexibility index (Phi) is 4.80. The highest BCUT2D eigenvalue weighted by atomic mass is 35.5. The van der Waals surface area contributed by atoms with Crippen molar-refractivity contribution in [2.45, 2.75) is 25.2 Å². The van der Waals surface area contributed by atoms with E-state index in [1.54, 1.807) is 13.2 Å². The average molecular weight is 404 g/mol. The number of imidazole rings is 1. The maximum Gasteiger partial charge on any atom is 0.271 e. The molecule has 28 heavy (non-hydrogen) atoms. The fraction of sp³-hybridized carbons (Fsp3) is 0.316. The van der Waals surface area contributed by atoms with Crippen LogP contribution in [0.3, 0.4) is 0 Å². The number of halogens is 2. The largest absolute Gasteiger partial charge is 0.497 e. The van der Waals surface area contributed by atoms with Gasteiger partial charge in [-0.05, 0) is 17.7 Å². The van der Waals surface area contributed by atoms with Crippen molar-refractivity contribution >= 4 is 28.8 Å². The summed E-state index contributed by atoms with van der Waals surface area (Å²) in [6.07, 6.45) is 0.784. The Balaban J connectivity index is 1.61. The van der Waals surface area contributed by atoms with Crippen molar-refractivity contribution in [1.82, 2.24) is 19.9 Å². The second kappa shape index (κ2) is 7.27. The summed E-state index contributed by atoms with van der Waals surface area (Å²) < 4.78 is 19.7. The number of rotatable bonds is 6. The highest BCUT2D eigenvalue weighted by molar-refractivity contribution is 6.29. The molecule has 1 saturated carbocycles. The highest BCUT2D eigenvalue weighted by Gasteiger charge is 2.39. The molecule has 1 aliphatic rings. The molecule has 1 aromatic carbocycles. The molecule has 3 aromatic rings. The lowest BCUT2D eigenvalue weighted by Gasteiger charge is -2.20. The van der Waals surface area contributed by atoms with Gasteiger partial charge in [-0.1, -0.05) is 23.7 Å². The van der Waals surface area contributed by atoms with Crippen molar-refractivity contribution in [2.75, 3.05) is 19.1 Å². The summed E-state index contributed by atoms with van der Waals surface area (Å²) in [5.41, 5.74) is 2.51. The Morgan fingerprint density at radius 1 is 1.43 bits per heavy atom. The van der Waals surface area contributed by atoms with Gasteiger partial charge >= 0.3 is 0 Å². The maximum absolute atomic E-state index is 13.1. The molecule has 4 rings (SSSR count). The molecule has 2 atom stereocenters. The zero-order valence-corrected chi connectivity index (χ0v) is 16.2. The van der Waals surface area contributed by atoms with Crippen LogP contribution in [0.4, 0.5) is 10.1 Å². The van der Waals surface area contributed by atoms with Crippen molar-refractivity contribution in [3.05, 3.63) is 52.9 Å². The predicted molar refractivity (Wildman–Crippen MR) is 104 cm³/mol. The Morgan fingerprint density at radius 2 is 2.14 bits per heavy atom. The third kappa shape index (κ3) is 3.60. The number of alkyl halides is 1. The minimum absolute atomic E-state index is 0.218. The molecule has 2 aromatic heterocycles. The fourth-order valence-corrected chi connectivity index (χ4v) is 3.18.